The highest BCUT2D eigenvalue weighted by molar-refractivity contribution is 5.92. The summed E-state index contributed by atoms with van der Waals surface area (Å²) in [5.74, 6) is -5.07. The van der Waals surface area contributed by atoms with Crippen molar-refractivity contribution in [2.24, 2.45) is 17.4 Å². The Labute approximate surface area is 150 Å². The van der Waals surface area contributed by atoms with E-state index in [0.717, 1.165) is 0 Å². The van der Waals surface area contributed by atoms with Crippen LogP contribution in [0.5, 0.6) is 0 Å². The van der Waals surface area contributed by atoms with Crippen molar-refractivity contribution in [1.29, 1.82) is 0 Å². The van der Waals surface area contributed by atoms with Crippen LogP contribution in [0.1, 0.15) is 39.5 Å². The molecule has 8 N–H and O–H groups in total. The number of nitrogens with one attached hydrogen (secondary N) is 2. The van der Waals surface area contributed by atoms with Crippen molar-refractivity contribution in [3.63, 3.8) is 0 Å². The van der Waals surface area contributed by atoms with Gasteiger partial charge in [-0.25, -0.2) is 4.79 Å². The van der Waals surface area contributed by atoms with Crippen LogP contribution in [0.25, 0.3) is 0 Å². The molecule has 0 saturated carbocycles. The number of carbonyl (C=O) groups is 5. The molecule has 0 fully saturated rings. The zero-order valence-corrected chi connectivity index (χ0v) is 14.7. The minimum Gasteiger partial charge on any atom is -0.481 e. The number of carboxylic acid groups (broad SMARTS) is 2. The number of carboxylic acids is 2. The first kappa shape index (κ1) is 23.3. The normalized spacial score (nSPS) is 14.2. The van der Waals surface area contributed by atoms with Gasteiger partial charge in [-0.1, -0.05) is 13.8 Å². The van der Waals surface area contributed by atoms with Gasteiger partial charge in [-0.3, -0.25) is 19.2 Å². The smallest absolute Gasteiger partial charge is 0.326 e. The minimum atomic E-state index is -1.24. The highest BCUT2D eigenvalue weighted by Crippen LogP contribution is 2.05. The number of hydrogen-bond acceptors (Lipinski definition) is 6. The van der Waals surface area contributed by atoms with Crippen molar-refractivity contribution in [3.8, 4) is 0 Å². The zero-order valence-electron chi connectivity index (χ0n) is 14.7. The fourth-order valence-electron chi connectivity index (χ4n) is 2.01. The number of carbonyl (C=O) groups excluding carboxylic acids is 3. The van der Waals surface area contributed by atoms with E-state index in [9.17, 15) is 24.0 Å². The molecule has 3 atom stereocenters. The van der Waals surface area contributed by atoms with Crippen LogP contribution in [0.2, 0.25) is 0 Å². The Kier molecular flexibility index (Phi) is 9.89. The van der Waals surface area contributed by atoms with E-state index >= 15 is 0 Å². The lowest BCUT2D eigenvalue weighted by Gasteiger charge is -2.24. The second-order valence-corrected chi connectivity index (χ2v) is 6.17. The van der Waals surface area contributed by atoms with Crippen molar-refractivity contribution in [2.45, 2.75) is 57.7 Å². The van der Waals surface area contributed by atoms with E-state index < -0.39 is 53.7 Å². The third kappa shape index (κ3) is 8.97. The number of aliphatic carboxylic acids is 2. The maximum absolute atomic E-state index is 12.3. The molecule has 0 radical (unpaired) electrons. The fourth-order valence-corrected chi connectivity index (χ4v) is 2.01. The Balaban J connectivity index is 5.05. The maximum Gasteiger partial charge on any atom is 0.326 e. The van der Waals surface area contributed by atoms with Crippen LogP contribution >= 0.6 is 0 Å². The van der Waals surface area contributed by atoms with Gasteiger partial charge in [-0.05, 0) is 18.8 Å². The molecular weight excluding hydrogens is 348 g/mol. The Hall–Kier alpha value is -2.69. The molecule has 0 saturated heterocycles. The quantitative estimate of drug-likeness (QED) is 0.228. The predicted molar refractivity (Wildman–Crippen MR) is 89.6 cm³/mol. The van der Waals surface area contributed by atoms with E-state index in [1.54, 1.807) is 13.8 Å². The summed E-state index contributed by atoms with van der Waals surface area (Å²) >= 11 is 0. The highest BCUT2D eigenvalue weighted by atomic mass is 16.4. The van der Waals surface area contributed by atoms with Crippen LogP contribution in [0, 0.1) is 5.92 Å². The molecule has 0 aromatic carbocycles. The highest BCUT2D eigenvalue weighted by Gasteiger charge is 2.29. The first-order valence-corrected chi connectivity index (χ1v) is 8.04. The van der Waals surface area contributed by atoms with Gasteiger partial charge in [0, 0.05) is 12.8 Å². The summed E-state index contributed by atoms with van der Waals surface area (Å²) in [5, 5.41) is 22.3. The molecule has 0 spiro atoms. The molecular formula is C15H26N4O7. The van der Waals surface area contributed by atoms with E-state index in [1.165, 1.54) is 0 Å². The third-order valence-corrected chi connectivity index (χ3v) is 3.55. The summed E-state index contributed by atoms with van der Waals surface area (Å²) in [6.07, 6.45) is -0.846. The van der Waals surface area contributed by atoms with Crippen LogP contribution in [0.4, 0.5) is 0 Å². The molecule has 11 nitrogen and oxygen atoms in total. The van der Waals surface area contributed by atoms with Crippen molar-refractivity contribution < 1.29 is 34.2 Å². The summed E-state index contributed by atoms with van der Waals surface area (Å²) in [6, 6.07) is -3.59. The molecule has 0 rings (SSSR count). The maximum atomic E-state index is 12.3. The summed E-state index contributed by atoms with van der Waals surface area (Å²) in [5.41, 5.74) is 10.6. The van der Waals surface area contributed by atoms with Gasteiger partial charge < -0.3 is 32.3 Å². The van der Waals surface area contributed by atoms with Gasteiger partial charge in [0.15, 0.2) is 0 Å². The topological polar surface area (TPSA) is 202 Å². The summed E-state index contributed by atoms with van der Waals surface area (Å²) in [7, 11) is 0. The second kappa shape index (κ2) is 11.0. The average molecular weight is 374 g/mol. The van der Waals surface area contributed by atoms with Gasteiger partial charge in [-0.15, -0.1) is 0 Å². The molecule has 3 unspecified atom stereocenters. The fraction of sp³-hybridized carbons (Fsp3) is 0.667. The van der Waals surface area contributed by atoms with E-state index in [0.29, 0.717) is 0 Å². The van der Waals surface area contributed by atoms with Crippen molar-refractivity contribution >= 4 is 29.7 Å². The lowest BCUT2D eigenvalue weighted by molar-refractivity contribution is -0.143. The van der Waals surface area contributed by atoms with Crippen LogP contribution in [0.15, 0.2) is 0 Å². The summed E-state index contributed by atoms with van der Waals surface area (Å²) in [4.78, 5) is 57.0. The lowest BCUT2D eigenvalue weighted by Crippen LogP contribution is -2.55. The molecule has 0 aromatic rings. The Morgan fingerprint density at radius 2 is 1.50 bits per heavy atom. The molecule has 11 heteroatoms. The second-order valence-electron chi connectivity index (χ2n) is 6.17. The molecule has 0 aromatic heterocycles. The number of nitrogens with two attached hydrogens (primary N) is 2. The molecule has 148 valence electrons. The van der Waals surface area contributed by atoms with Crippen LogP contribution in [0.3, 0.4) is 0 Å². The largest absolute Gasteiger partial charge is 0.481 e. The standard InChI is InChI=1S/C15H26N4O7/c1-7(2)12(15(25)26)19-14(24)9(4-5-10(17)20)18-13(23)8(16)3-6-11(21)22/h7-9,12H,3-6,16H2,1-2H3,(H2,17,20)(H,18,23)(H,19,24)(H,21,22)(H,25,26). The van der Waals surface area contributed by atoms with Crippen LogP contribution in [-0.4, -0.2) is 58.0 Å². The molecule has 26 heavy (non-hydrogen) atoms. The van der Waals surface area contributed by atoms with Gasteiger partial charge in [0.05, 0.1) is 6.04 Å². The monoisotopic (exact) mass is 374 g/mol. The lowest BCUT2D eigenvalue weighted by atomic mass is 10.0. The Bertz CT molecular complexity index is 550. The predicted octanol–water partition coefficient (Wildman–Crippen LogP) is -1.85. The van der Waals surface area contributed by atoms with Crippen molar-refractivity contribution in [1.82, 2.24) is 10.6 Å². The molecule has 0 aliphatic rings. The molecule has 0 aliphatic carbocycles. The molecule has 0 aliphatic heterocycles. The minimum absolute atomic E-state index is 0.144. The summed E-state index contributed by atoms with van der Waals surface area (Å²) < 4.78 is 0. The van der Waals surface area contributed by atoms with E-state index in [4.69, 9.17) is 21.7 Å². The number of rotatable bonds is 12. The van der Waals surface area contributed by atoms with Gasteiger partial charge in [0.2, 0.25) is 17.7 Å². The molecule has 0 bridgehead atoms. The number of amides is 3. The Morgan fingerprint density at radius 3 is 1.92 bits per heavy atom. The van der Waals surface area contributed by atoms with Crippen molar-refractivity contribution in [2.75, 3.05) is 0 Å². The van der Waals surface area contributed by atoms with E-state index in [2.05, 4.69) is 10.6 Å². The van der Waals surface area contributed by atoms with E-state index in [-0.39, 0.29) is 25.7 Å². The Morgan fingerprint density at radius 1 is 0.923 bits per heavy atom. The van der Waals surface area contributed by atoms with Crippen LogP contribution < -0.4 is 22.1 Å². The van der Waals surface area contributed by atoms with Gasteiger partial charge >= 0.3 is 11.9 Å². The average Bonchev–Trinajstić information content (AvgIpc) is 2.52. The third-order valence-electron chi connectivity index (χ3n) is 3.55. The first-order valence-electron chi connectivity index (χ1n) is 8.04. The number of hydrogen-bond donors (Lipinski definition) is 6. The van der Waals surface area contributed by atoms with Crippen LogP contribution in [-0.2, 0) is 24.0 Å². The van der Waals surface area contributed by atoms with Gasteiger partial charge in [0.1, 0.15) is 12.1 Å². The van der Waals surface area contributed by atoms with Gasteiger partial charge in [-0.2, -0.15) is 0 Å². The zero-order chi connectivity index (χ0) is 20.4. The SMILES string of the molecule is CC(C)C(NC(=O)C(CCC(N)=O)NC(=O)C(N)CCC(=O)O)C(=O)O. The first-order chi connectivity index (χ1) is 12.0. The van der Waals surface area contributed by atoms with Crippen molar-refractivity contribution in [3.05, 3.63) is 0 Å². The van der Waals surface area contributed by atoms with Gasteiger partial charge in [0.25, 0.3) is 0 Å². The summed E-state index contributed by atoms with van der Waals surface area (Å²) in [6.45, 7) is 3.19. The molecule has 0 heterocycles. The molecule has 3 amide bonds. The van der Waals surface area contributed by atoms with E-state index in [1.807, 2.05) is 0 Å². The number of primary amides is 1.